The van der Waals surface area contributed by atoms with Crippen LogP contribution in [0.2, 0.25) is 0 Å². The maximum absolute atomic E-state index is 9.12. The monoisotopic (exact) mass is 266 g/mol. The molecule has 0 aromatic carbocycles. The average Bonchev–Trinajstić information content (AvgIpc) is 2.76. The number of nitrogens with zero attached hydrogens (tertiary/aromatic N) is 1. The highest BCUT2D eigenvalue weighted by Crippen LogP contribution is 2.21. The van der Waals surface area contributed by atoms with Crippen LogP contribution in [0, 0.1) is 0 Å². The van der Waals surface area contributed by atoms with Crippen molar-refractivity contribution in [1.29, 1.82) is 0 Å². The molecule has 0 amide bonds. The van der Waals surface area contributed by atoms with Crippen molar-refractivity contribution in [2.75, 3.05) is 14.1 Å². The van der Waals surface area contributed by atoms with E-state index in [9.17, 15) is 0 Å². The van der Waals surface area contributed by atoms with Crippen LogP contribution < -0.4 is 5.73 Å². The standard InChI is InChI=1S/C7H15NO.C5H11NO.ClH/c1-8(2)6-3-4-7(9)5-6;6-4-1-2-5(7)3-4;/h6-7,9H,3-5H2,1-2H3;4-5,7H,1-3,6H2;1H. The van der Waals surface area contributed by atoms with Crippen molar-refractivity contribution in [2.24, 2.45) is 5.73 Å². The first-order valence-corrected chi connectivity index (χ1v) is 6.27. The summed E-state index contributed by atoms with van der Waals surface area (Å²) in [5.74, 6) is 0. The summed E-state index contributed by atoms with van der Waals surface area (Å²) in [7, 11) is 4.14. The highest BCUT2D eigenvalue weighted by Gasteiger charge is 2.23. The second-order valence-electron chi connectivity index (χ2n) is 5.31. The minimum absolute atomic E-state index is 0. The highest BCUT2D eigenvalue weighted by atomic mass is 35.5. The number of halogens is 1. The summed E-state index contributed by atoms with van der Waals surface area (Å²) in [5.41, 5.74) is 5.47. The molecule has 2 aliphatic carbocycles. The van der Waals surface area contributed by atoms with E-state index in [0.29, 0.717) is 6.04 Å². The van der Waals surface area contributed by atoms with Crippen molar-refractivity contribution >= 4 is 12.4 Å². The van der Waals surface area contributed by atoms with Gasteiger partial charge in [-0.2, -0.15) is 0 Å². The van der Waals surface area contributed by atoms with Crippen molar-refractivity contribution in [3.63, 3.8) is 0 Å². The van der Waals surface area contributed by atoms with Gasteiger partial charge in [-0.1, -0.05) is 0 Å². The fraction of sp³-hybridized carbons (Fsp3) is 1.00. The molecule has 2 aliphatic rings. The largest absolute Gasteiger partial charge is 0.393 e. The molecule has 104 valence electrons. The smallest absolute Gasteiger partial charge is 0.0555 e. The van der Waals surface area contributed by atoms with E-state index < -0.39 is 0 Å². The molecule has 2 rings (SSSR count). The molecule has 2 saturated carbocycles. The first kappa shape index (κ1) is 17.1. The van der Waals surface area contributed by atoms with E-state index in [0.717, 1.165) is 38.5 Å². The Kier molecular flexibility index (Phi) is 8.33. The van der Waals surface area contributed by atoms with E-state index >= 15 is 0 Å². The van der Waals surface area contributed by atoms with Crippen LogP contribution >= 0.6 is 12.4 Å². The lowest BCUT2D eigenvalue weighted by molar-refractivity contribution is 0.169. The lowest BCUT2D eigenvalue weighted by atomic mass is 10.2. The van der Waals surface area contributed by atoms with Crippen LogP contribution in [0.3, 0.4) is 0 Å². The first-order chi connectivity index (χ1) is 7.49. The molecule has 17 heavy (non-hydrogen) atoms. The fourth-order valence-electron chi connectivity index (χ4n) is 2.40. The van der Waals surface area contributed by atoms with Crippen LogP contribution in [0.1, 0.15) is 38.5 Å². The van der Waals surface area contributed by atoms with E-state index in [1.807, 2.05) is 0 Å². The Balaban J connectivity index is 0.000000292. The topological polar surface area (TPSA) is 69.7 Å². The van der Waals surface area contributed by atoms with Crippen LogP contribution in [0.15, 0.2) is 0 Å². The van der Waals surface area contributed by atoms with Crippen molar-refractivity contribution in [3.8, 4) is 0 Å². The zero-order chi connectivity index (χ0) is 12.1. The van der Waals surface area contributed by atoms with Gasteiger partial charge in [-0.15, -0.1) is 12.4 Å². The van der Waals surface area contributed by atoms with Gasteiger partial charge in [0, 0.05) is 12.1 Å². The van der Waals surface area contributed by atoms with Gasteiger partial charge >= 0.3 is 0 Å². The average molecular weight is 267 g/mol. The van der Waals surface area contributed by atoms with E-state index in [1.165, 1.54) is 0 Å². The SMILES string of the molecule is CN(C)C1CCC(O)C1.Cl.NC1CCC(O)C1. The predicted molar refractivity (Wildman–Crippen MR) is 72.4 cm³/mol. The molecule has 0 saturated heterocycles. The Morgan fingerprint density at radius 3 is 1.65 bits per heavy atom. The van der Waals surface area contributed by atoms with Gasteiger partial charge in [0.15, 0.2) is 0 Å². The van der Waals surface area contributed by atoms with Gasteiger partial charge in [0.2, 0.25) is 0 Å². The molecule has 2 fully saturated rings. The van der Waals surface area contributed by atoms with E-state index in [2.05, 4.69) is 19.0 Å². The maximum Gasteiger partial charge on any atom is 0.0555 e. The molecule has 0 radical (unpaired) electrons. The third-order valence-corrected chi connectivity index (χ3v) is 3.55. The van der Waals surface area contributed by atoms with Gasteiger partial charge in [0.25, 0.3) is 0 Å². The molecule has 4 N–H and O–H groups in total. The molecule has 0 heterocycles. The molecule has 0 aromatic heterocycles. The molecule has 5 heteroatoms. The molecule has 4 nitrogen and oxygen atoms in total. The van der Waals surface area contributed by atoms with Gasteiger partial charge in [0.05, 0.1) is 12.2 Å². The summed E-state index contributed by atoms with van der Waals surface area (Å²) in [6.45, 7) is 0. The zero-order valence-electron chi connectivity index (χ0n) is 10.9. The summed E-state index contributed by atoms with van der Waals surface area (Å²) >= 11 is 0. The van der Waals surface area contributed by atoms with Crippen molar-refractivity contribution < 1.29 is 10.2 Å². The van der Waals surface area contributed by atoms with E-state index in [-0.39, 0.29) is 30.7 Å². The lowest BCUT2D eigenvalue weighted by Gasteiger charge is -2.17. The summed E-state index contributed by atoms with van der Waals surface area (Å²) in [6, 6.07) is 0.898. The van der Waals surface area contributed by atoms with Crippen LogP contribution in [0.5, 0.6) is 0 Å². The number of aliphatic hydroxyl groups is 2. The summed E-state index contributed by atoms with van der Waals surface area (Å²) in [4.78, 5) is 2.19. The summed E-state index contributed by atoms with van der Waals surface area (Å²) < 4.78 is 0. The van der Waals surface area contributed by atoms with Gasteiger partial charge in [-0.05, 0) is 52.6 Å². The summed E-state index contributed by atoms with van der Waals surface area (Å²) in [5, 5.41) is 17.9. The molecule has 4 atom stereocenters. The quantitative estimate of drug-likeness (QED) is 0.655. The molecular formula is C12H27ClN2O2. The highest BCUT2D eigenvalue weighted by molar-refractivity contribution is 5.85. The Bertz CT molecular complexity index is 197. The van der Waals surface area contributed by atoms with Crippen molar-refractivity contribution in [1.82, 2.24) is 4.90 Å². The van der Waals surface area contributed by atoms with E-state index in [1.54, 1.807) is 0 Å². The Morgan fingerprint density at radius 1 is 0.941 bits per heavy atom. The molecule has 4 unspecified atom stereocenters. The molecule has 0 spiro atoms. The third-order valence-electron chi connectivity index (χ3n) is 3.55. The fourth-order valence-corrected chi connectivity index (χ4v) is 2.40. The van der Waals surface area contributed by atoms with Gasteiger partial charge in [0.1, 0.15) is 0 Å². The number of hydrogen-bond donors (Lipinski definition) is 3. The van der Waals surface area contributed by atoms with Crippen LogP contribution in [0.25, 0.3) is 0 Å². The van der Waals surface area contributed by atoms with Gasteiger partial charge in [-0.3, -0.25) is 0 Å². The second-order valence-corrected chi connectivity index (χ2v) is 5.31. The molecular weight excluding hydrogens is 240 g/mol. The number of nitrogens with two attached hydrogens (primary N) is 1. The predicted octanol–water partition coefficient (Wildman–Crippen LogP) is 0.742. The van der Waals surface area contributed by atoms with Crippen LogP contribution in [0.4, 0.5) is 0 Å². The second kappa shape index (κ2) is 8.27. The summed E-state index contributed by atoms with van der Waals surface area (Å²) in [6.07, 6.45) is 5.69. The number of rotatable bonds is 1. The first-order valence-electron chi connectivity index (χ1n) is 6.27. The Morgan fingerprint density at radius 2 is 1.47 bits per heavy atom. The normalized spacial score (nSPS) is 36.4. The Hall–Kier alpha value is 0.130. The molecule has 0 aliphatic heterocycles. The number of hydrogen-bond acceptors (Lipinski definition) is 4. The minimum atomic E-state index is -0.102. The zero-order valence-corrected chi connectivity index (χ0v) is 11.7. The van der Waals surface area contributed by atoms with Crippen molar-refractivity contribution in [2.45, 2.75) is 62.8 Å². The third kappa shape index (κ3) is 6.58. The Labute approximate surface area is 111 Å². The molecule has 0 aromatic rings. The van der Waals surface area contributed by atoms with Crippen molar-refractivity contribution in [3.05, 3.63) is 0 Å². The van der Waals surface area contributed by atoms with E-state index in [4.69, 9.17) is 15.9 Å². The maximum atomic E-state index is 9.12. The van der Waals surface area contributed by atoms with Gasteiger partial charge < -0.3 is 20.8 Å². The minimum Gasteiger partial charge on any atom is -0.393 e. The van der Waals surface area contributed by atoms with Crippen LogP contribution in [-0.2, 0) is 0 Å². The number of aliphatic hydroxyl groups excluding tert-OH is 2. The van der Waals surface area contributed by atoms with Gasteiger partial charge in [-0.25, -0.2) is 0 Å². The van der Waals surface area contributed by atoms with Crippen LogP contribution in [-0.4, -0.2) is 53.5 Å². The molecule has 0 bridgehead atoms. The lowest BCUT2D eigenvalue weighted by Crippen LogP contribution is -2.25.